The highest BCUT2D eigenvalue weighted by Gasteiger charge is 2.30. The quantitative estimate of drug-likeness (QED) is 0.617. The number of hydrogen-bond acceptors (Lipinski definition) is 7. The van der Waals surface area contributed by atoms with Gasteiger partial charge >= 0.3 is 0 Å². The fourth-order valence-corrected chi connectivity index (χ4v) is 4.45. The molecule has 3 rings (SSSR count). The van der Waals surface area contributed by atoms with Crippen molar-refractivity contribution in [3.63, 3.8) is 0 Å². The van der Waals surface area contributed by atoms with Crippen LogP contribution in [0.5, 0.6) is 0 Å². The Morgan fingerprint density at radius 1 is 1.43 bits per heavy atom. The number of allylic oxidation sites excluding steroid dienone is 1. The average molecular weight is 431 g/mol. The van der Waals surface area contributed by atoms with Gasteiger partial charge in [0.2, 0.25) is 0 Å². The van der Waals surface area contributed by atoms with E-state index in [-0.39, 0.29) is 12.6 Å². The number of anilines is 1. The highest BCUT2D eigenvalue weighted by atomic mass is 32.1. The largest absolute Gasteiger partial charge is 0.403 e. The van der Waals surface area contributed by atoms with Crippen molar-refractivity contribution in [2.75, 3.05) is 38.3 Å². The molecule has 0 saturated heterocycles. The number of halogens is 1. The number of hydrogen-bond donors (Lipinski definition) is 1. The molecule has 1 amide bonds. The van der Waals surface area contributed by atoms with Crippen LogP contribution in [-0.2, 0) is 6.42 Å². The number of nitrogens with two attached hydrogens (primary N) is 1. The highest BCUT2D eigenvalue weighted by Crippen LogP contribution is 2.32. The molecule has 2 aromatic rings. The van der Waals surface area contributed by atoms with E-state index in [9.17, 15) is 9.18 Å². The van der Waals surface area contributed by atoms with Crippen LogP contribution >= 0.6 is 11.3 Å². The van der Waals surface area contributed by atoms with Gasteiger partial charge in [0.25, 0.3) is 5.91 Å². The van der Waals surface area contributed by atoms with E-state index in [1.807, 2.05) is 12.1 Å². The van der Waals surface area contributed by atoms with Crippen LogP contribution in [0, 0.1) is 0 Å². The molecule has 0 saturated carbocycles. The van der Waals surface area contributed by atoms with E-state index < -0.39 is 0 Å². The topological polar surface area (TPSA) is 87.7 Å². The van der Waals surface area contributed by atoms with Crippen molar-refractivity contribution in [2.24, 2.45) is 10.7 Å². The molecule has 0 spiro atoms. The molecule has 7 nitrogen and oxygen atoms in total. The van der Waals surface area contributed by atoms with Crippen molar-refractivity contribution in [3.8, 4) is 10.6 Å². The summed E-state index contributed by atoms with van der Waals surface area (Å²) in [5.41, 5.74) is 7.92. The minimum absolute atomic E-state index is 0.110. The van der Waals surface area contributed by atoms with Crippen LogP contribution in [0.4, 0.5) is 10.2 Å². The summed E-state index contributed by atoms with van der Waals surface area (Å²) < 4.78 is 12.6. The van der Waals surface area contributed by atoms with Gasteiger partial charge in [-0.1, -0.05) is 6.92 Å². The van der Waals surface area contributed by atoms with Crippen molar-refractivity contribution in [2.45, 2.75) is 26.2 Å². The van der Waals surface area contributed by atoms with Crippen molar-refractivity contribution in [1.29, 1.82) is 0 Å². The van der Waals surface area contributed by atoms with Gasteiger partial charge in [-0.15, -0.1) is 11.3 Å². The maximum atomic E-state index is 12.9. The molecular weight excluding hydrogens is 403 g/mol. The Hall–Kier alpha value is -2.81. The van der Waals surface area contributed by atoms with Crippen molar-refractivity contribution in [3.05, 3.63) is 40.8 Å². The Bertz CT molecular complexity index is 924. The van der Waals surface area contributed by atoms with Crippen LogP contribution in [0.1, 0.15) is 35.1 Å². The van der Waals surface area contributed by atoms with Gasteiger partial charge in [0.1, 0.15) is 15.7 Å². The first kappa shape index (κ1) is 21.9. The molecule has 0 fully saturated rings. The minimum Gasteiger partial charge on any atom is -0.403 e. The number of rotatable bonds is 9. The first-order chi connectivity index (χ1) is 14.6. The van der Waals surface area contributed by atoms with Crippen LogP contribution in [0.25, 0.3) is 10.6 Å². The summed E-state index contributed by atoms with van der Waals surface area (Å²) in [4.78, 5) is 30.5. The highest BCUT2D eigenvalue weighted by molar-refractivity contribution is 7.17. The second-order valence-corrected chi connectivity index (χ2v) is 7.91. The number of alkyl halides is 1. The molecule has 3 heterocycles. The number of pyridine rings is 1. The molecule has 0 aromatic carbocycles. The molecule has 0 radical (unpaired) electrons. The summed E-state index contributed by atoms with van der Waals surface area (Å²) in [6.07, 6.45) is 6.86. The van der Waals surface area contributed by atoms with E-state index in [4.69, 9.17) is 5.73 Å². The lowest BCUT2D eigenvalue weighted by atomic mass is 10.1. The van der Waals surface area contributed by atoms with Crippen molar-refractivity contribution >= 4 is 29.3 Å². The van der Waals surface area contributed by atoms with E-state index >= 15 is 0 Å². The Morgan fingerprint density at radius 2 is 2.27 bits per heavy atom. The standard InChI is InChI=1S/C21H27FN6OS/c1-3-9-27(10-4-8-22)18-6-5-15(13-25-18)20-26-17-7-11-28(16(12-23)14-24-2)21(29)19(17)30-20/h5-6,12-14H,3-4,7-11,23H2,1-2H3/b16-12+,24-14?. The summed E-state index contributed by atoms with van der Waals surface area (Å²) in [5.74, 6) is 0.718. The maximum Gasteiger partial charge on any atom is 0.270 e. The summed E-state index contributed by atoms with van der Waals surface area (Å²) in [5, 5.41) is 0.766. The fraction of sp³-hybridized carbons (Fsp3) is 0.429. The number of thiazole rings is 1. The molecule has 1 aliphatic heterocycles. The second-order valence-electron chi connectivity index (χ2n) is 6.92. The van der Waals surface area contributed by atoms with Gasteiger partial charge < -0.3 is 15.5 Å². The third-order valence-corrected chi connectivity index (χ3v) is 5.96. The zero-order valence-electron chi connectivity index (χ0n) is 17.3. The molecular formula is C21H27FN6OS. The third kappa shape index (κ3) is 4.67. The van der Waals surface area contributed by atoms with Crippen molar-refractivity contribution in [1.82, 2.24) is 14.9 Å². The number of carbonyl (C=O) groups excluding carboxylic acids is 1. The average Bonchev–Trinajstić information content (AvgIpc) is 3.21. The van der Waals surface area contributed by atoms with E-state index in [0.29, 0.717) is 36.5 Å². The fourth-order valence-electron chi connectivity index (χ4n) is 3.40. The normalized spacial score (nSPS) is 14.4. The number of amides is 1. The maximum absolute atomic E-state index is 12.9. The Kier molecular flexibility index (Phi) is 7.51. The molecule has 160 valence electrons. The zero-order chi connectivity index (χ0) is 21.5. The minimum atomic E-state index is -0.334. The second kappa shape index (κ2) is 10.3. The van der Waals surface area contributed by atoms with Gasteiger partial charge in [-0.3, -0.25) is 14.2 Å². The predicted octanol–water partition coefficient (Wildman–Crippen LogP) is 3.28. The first-order valence-corrected chi connectivity index (χ1v) is 10.9. The number of aromatic nitrogens is 2. The molecule has 30 heavy (non-hydrogen) atoms. The molecule has 0 aliphatic carbocycles. The molecule has 2 N–H and O–H groups in total. The van der Waals surface area contributed by atoms with Crippen LogP contribution in [-0.4, -0.2) is 60.3 Å². The Balaban J connectivity index is 1.81. The van der Waals surface area contributed by atoms with Crippen molar-refractivity contribution < 1.29 is 9.18 Å². The third-order valence-electron chi connectivity index (χ3n) is 4.83. The van der Waals surface area contributed by atoms with Crippen LogP contribution in [0.15, 0.2) is 35.2 Å². The summed E-state index contributed by atoms with van der Waals surface area (Å²) in [6, 6.07) is 3.90. The van der Waals surface area contributed by atoms with Gasteiger partial charge in [-0.25, -0.2) is 9.97 Å². The molecule has 2 aromatic heterocycles. The van der Waals surface area contributed by atoms with E-state index in [1.165, 1.54) is 17.5 Å². The lowest BCUT2D eigenvalue weighted by molar-refractivity contribution is 0.0805. The van der Waals surface area contributed by atoms with Crippen LogP contribution in [0.3, 0.4) is 0 Å². The van der Waals surface area contributed by atoms with Gasteiger partial charge in [0, 0.05) is 57.3 Å². The van der Waals surface area contributed by atoms with E-state index in [0.717, 1.165) is 35.0 Å². The van der Waals surface area contributed by atoms with E-state index in [1.54, 1.807) is 24.4 Å². The molecule has 0 unspecified atom stereocenters. The summed E-state index contributed by atoms with van der Waals surface area (Å²) >= 11 is 1.37. The first-order valence-electron chi connectivity index (χ1n) is 10.1. The van der Waals surface area contributed by atoms with Crippen LogP contribution in [0.2, 0.25) is 0 Å². The molecule has 1 aliphatic rings. The number of fused-ring (bicyclic) bond motifs is 1. The molecule has 0 atom stereocenters. The monoisotopic (exact) mass is 430 g/mol. The predicted molar refractivity (Wildman–Crippen MR) is 120 cm³/mol. The summed E-state index contributed by atoms with van der Waals surface area (Å²) in [6.45, 7) is 3.75. The zero-order valence-corrected chi connectivity index (χ0v) is 18.2. The Labute approximate surface area is 180 Å². The van der Waals surface area contributed by atoms with Gasteiger partial charge in [0.15, 0.2) is 0 Å². The van der Waals surface area contributed by atoms with Gasteiger partial charge in [-0.05, 0) is 25.0 Å². The molecule has 0 bridgehead atoms. The Morgan fingerprint density at radius 3 is 2.90 bits per heavy atom. The van der Waals surface area contributed by atoms with Crippen LogP contribution < -0.4 is 10.6 Å². The lowest BCUT2D eigenvalue weighted by Gasteiger charge is -2.26. The molecule has 9 heteroatoms. The van der Waals surface area contributed by atoms with Gasteiger partial charge in [-0.2, -0.15) is 0 Å². The number of carbonyl (C=O) groups is 1. The number of aliphatic imine (C=N–C) groups is 1. The smallest absolute Gasteiger partial charge is 0.270 e. The van der Waals surface area contributed by atoms with Gasteiger partial charge in [0.05, 0.1) is 18.1 Å². The summed E-state index contributed by atoms with van der Waals surface area (Å²) in [7, 11) is 1.64. The number of nitrogens with zero attached hydrogens (tertiary/aromatic N) is 5. The van der Waals surface area contributed by atoms with E-state index in [2.05, 4.69) is 26.8 Å². The SMILES string of the molecule is CCCN(CCCF)c1ccc(-c2nc3c(s2)C(=O)N(/C(C=NC)=C/N)CC3)cn1. The lowest BCUT2D eigenvalue weighted by Crippen LogP contribution is -2.37.